The summed E-state index contributed by atoms with van der Waals surface area (Å²) in [6.07, 6.45) is 1.86. The Morgan fingerprint density at radius 1 is 0.952 bits per heavy atom. The number of nitrogens with zero attached hydrogens (tertiary/aromatic N) is 1. The van der Waals surface area contributed by atoms with Gasteiger partial charge in [0.1, 0.15) is 0 Å². The summed E-state index contributed by atoms with van der Waals surface area (Å²) in [5.74, 6) is 0. The normalized spacial score (nSPS) is 17.8. The molecule has 1 aromatic carbocycles. The van der Waals surface area contributed by atoms with Crippen LogP contribution in [0.2, 0.25) is 0 Å². The van der Waals surface area contributed by atoms with E-state index in [9.17, 15) is 16.8 Å². The van der Waals surface area contributed by atoms with E-state index in [0.29, 0.717) is 19.6 Å². The van der Waals surface area contributed by atoms with Crippen LogP contribution in [-0.2, 0) is 19.9 Å². The standard InChI is InChI=1S/C12H18N2O4S2.ClH/c1-19(15,16)11-3-5-12(6-4-11)20(17,18)14-9-2-7-13-8-10-14;/h3-6,13H,2,7-10H2,1H3;1H. The van der Waals surface area contributed by atoms with Crippen LogP contribution < -0.4 is 5.32 Å². The zero-order valence-corrected chi connectivity index (χ0v) is 14.1. The number of hydrogen-bond acceptors (Lipinski definition) is 5. The summed E-state index contributed by atoms with van der Waals surface area (Å²) in [6, 6.07) is 5.37. The van der Waals surface area contributed by atoms with Crippen molar-refractivity contribution in [2.75, 3.05) is 32.4 Å². The molecular formula is C12H19ClN2O4S2. The lowest BCUT2D eigenvalue weighted by atomic mass is 10.4. The Bertz CT molecular complexity index is 664. The van der Waals surface area contributed by atoms with Gasteiger partial charge in [0, 0.05) is 25.9 Å². The summed E-state index contributed by atoms with van der Waals surface area (Å²) in [7, 11) is -6.86. The summed E-state index contributed by atoms with van der Waals surface area (Å²) in [6.45, 7) is 2.33. The van der Waals surface area contributed by atoms with Gasteiger partial charge in [-0.25, -0.2) is 16.8 Å². The van der Waals surface area contributed by atoms with Gasteiger partial charge in [0.2, 0.25) is 10.0 Å². The van der Waals surface area contributed by atoms with E-state index in [1.165, 1.54) is 28.6 Å². The molecule has 9 heteroatoms. The van der Waals surface area contributed by atoms with E-state index >= 15 is 0 Å². The van der Waals surface area contributed by atoms with Gasteiger partial charge in [0.25, 0.3) is 0 Å². The minimum Gasteiger partial charge on any atom is -0.315 e. The van der Waals surface area contributed by atoms with Crippen LogP contribution in [0.25, 0.3) is 0 Å². The molecule has 1 heterocycles. The van der Waals surface area contributed by atoms with Crippen molar-refractivity contribution in [2.45, 2.75) is 16.2 Å². The third-order valence-corrected chi connectivity index (χ3v) is 6.23. The predicted octanol–water partition coefficient (Wildman–Crippen LogP) is 0.496. The first-order chi connectivity index (χ1) is 9.32. The van der Waals surface area contributed by atoms with Crippen LogP contribution in [0.5, 0.6) is 0 Å². The molecule has 21 heavy (non-hydrogen) atoms. The van der Waals surface area contributed by atoms with E-state index in [1.54, 1.807) is 0 Å². The number of rotatable bonds is 3. The van der Waals surface area contributed by atoms with Gasteiger partial charge in [-0.3, -0.25) is 0 Å². The van der Waals surface area contributed by atoms with Crippen molar-refractivity contribution < 1.29 is 16.8 Å². The highest BCUT2D eigenvalue weighted by Crippen LogP contribution is 2.19. The fourth-order valence-electron chi connectivity index (χ4n) is 2.07. The Morgan fingerprint density at radius 3 is 2.10 bits per heavy atom. The minimum atomic E-state index is -3.55. The monoisotopic (exact) mass is 354 g/mol. The van der Waals surface area contributed by atoms with Gasteiger partial charge in [-0.15, -0.1) is 12.4 Å². The number of sulfone groups is 1. The van der Waals surface area contributed by atoms with Gasteiger partial charge in [-0.1, -0.05) is 0 Å². The van der Waals surface area contributed by atoms with Crippen molar-refractivity contribution in [1.82, 2.24) is 9.62 Å². The Balaban J connectivity index is 0.00000220. The van der Waals surface area contributed by atoms with E-state index in [0.717, 1.165) is 19.2 Å². The molecule has 0 atom stereocenters. The number of benzene rings is 1. The van der Waals surface area contributed by atoms with E-state index < -0.39 is 19.9 Å². The average molecular weight is 355 g/mol. The third-order valence-electron chi connectivity index (χ3n) is 3.19. The van der Waals surface area contributed by atoms with Gasteiger partial charge in [0.05, 0.1) is 9.79 Å². The van der Waals surface area contributed by atoms with Crippen molar-refractivity contribution in [2.24, 2.45) is 0 Å². The summed E-state index contributed by atoms with van der Waals surface area (Å²) in [5.41, 5.74) is 0. The Morgan fingerprint density at radius 2 is 1.52 bits per heavy atom. The Labute approximate surface area is 131 Å². The summed E-state index contributed by atoms with van der Waals surface area (Å²) >= 11 is 0. The van der Waals surface area contributed by atoms with Crippen LogP contribution in [0.4, 0.5) is 0 Å². The van der Waals surface area contributed by atoms with Gasteiger partial charge < -0.3 is 5.32 Å². The maximum absolute atomic E-state index is 12.4. The number of sulfonamides is 1. The lowest BCUT2D eigenvalue weighted by Crippen LogP contribution is -2.34. The predicted molar refractivity (Wildman–Crippen MR) is 83.0 cm³/mol. The highest BCUT2D eigenvalue weighted by atomic mass is 35.5. The molecule has 1 aliphatic rings. The topological polar surface area (TPSA) is 83.5 Å². The van der Waals surface area contributed by atoms with Gasteiger partial charge in [-0.05, 0) is 37.2 Å². The van der Waals surface area contributed by atoms with Gasteiger partial charge >= 0.3 is 0 Å². The van der Waals surface area contributed by atoms with Crippen LogP contribution in [0, 0.1) is 0 Å². The molecule has 0 saturated carbocycles. The van der Waals surface area contributed by atoms with Crippen molar-refractivity contribution in [1.29, 1.82) is 0 Å². The average Bonchev–Trinajstić information content (AvgIpc) is 2.67. The molecule has 0 spiro atoms. The fourth-order valence-corrected chi connectivity index (χ4v) is 4.18. The van der Waals surface area contributed by atoms with E-state index in [-0.39, 0.29) is 22.2 Å². The van der Waals surface area contributed by atoms with Crippen LogP contribution in [0.15, 0.2) is 34.1 Å². The zero-order chi connectivity index (χ0) is 14.8. The molecule has 6 nitrogen and oxygen atoms in total. The number of hydrogen-bond donors (Lipinski definition) is 1. The smallest absolute Gasteiger partial charge is 0.243 e. The van der Waals surface area contributed by atoms with Crippen molar-refractivity contribution >= 4 is 32.3 Å². The molecule has 1 saturated heterocycles. The van der Waals surface area contributed by atoms with Gasteiger partial charge in [0.15, 0.2) is 9.84 Å². The molecule has 0 aromatic heterocycles. The molecule has 0 aliphatic carbocycles. The highest BCUT2D eigenvalue weighted by Gasteiger charge is 2.25. The quantitative estimate of drug-likeness (QED) is 0.854. The second-order valence-corrected chi connectivity index (χ2v) is 8.70. The molecule has 1 aromatic rings. The van der Waals surface area contributed by atoms with E-state index in [2.05, 4.69) is 5.32 Å². The van der Waals surface area contributed by atoms with Crippen molar-refractivity contribution in [3.63, 3.8) is 0 Å². The minimum absolute atomic E-state index is 0. The molecule has 0 radical (unpaired) electrons. The Hall–Kier alpha value is -0.670. The summed E-state index contributed by atoms with van der Waals surface area (Å²) in [5, 5.41) is 3.14. The first-order valence-corrected chi connectivity index (χ1v) is 9.66. The zero-order valence-electron chi connectivity index (χ0n) is 11.6. The van der Waals surface area contributed by atoms with E-state index in [1.807, 2.05) is 0 Å². The molecule has 1 N–H and O–H groups in total. The molecule has 1 aliphatic heterocycles. The van der Waals surface area contributed by atoms with Gasteiger partial charge in [-0.2, -0.15) is 4.31 Å². The number of halogens is 1. The molecule has 0 bridgehead atoms. The van der Waals surface area contributed by atoms with Crippen LogP contribution in [0.3, 0.4) is 0 Å². The first-order valence-electron chi connectivity index (χ1n) is 6.33. The van der Waals surface area contributed by atoms with Crippen molar-refractivity contribution in [3.8, 4) is 0 Å². The fraction of sp³-hybridized carbons (Fsp3) is 0.500. The van der Waals surface area contributed by atoms with Crippen LogP contribution in [0.1, 0.15) is 6.42 Å². The summed E-state index contributed by atoms with van der Waals surface area (Å²) in [4.78, 5) is 0.251. The van der Waals surface area contributed by atoms with Crippen LogP contribution in [-0.4, -0.2) is 53.6 Å². The molecular weight excluding hydrogens is 336 g/mol. The molecule has 120 valence electrons. The van der Waals surface area contributed by atoms with Crippen LogP contribution >= 0.6 is 12.4 Å². The third kappa shape index (κ3) is 4.40. The molecule has 0 unspecified atom stereocenters. The molecule has 2 rings (SSSR count). The lowest BCUT2D eigenvalue weighted by molar-refractivity contribution is 0.432. The summed E-state index contributed by atoms with van der Waals surface area (Å²) < 4.78 is 49.1. The first kappa shape index (κ1) is 18.4. The maximum Gasteiger partial charge on any atom is 0.243 e. The molecule has 0 amide bonds. The maximum atomic E-state index is 12.4. The number of nitrogens with one attached hydrogen (secondary N) is 1. The second kappa shape index (κ2) is 7.06. The van der Waals surface area contributed by atoms with Crippen molar-refractivity contribution in [3.05, 3.63) is 24.3 Å². The Kier molecular flexibility index (Phi) is 6.18. The second-order valence-electron chi connectivity index (χ2n) is 4.75. The SMILES string of the molecule is CS(=O)(=O)c1ccc(S(=O)(=O)N2CCCNCC2)cc1.Cl. The largest absolute Gasteiger partial charge is 0.315 e. The van der Waals surface area contributed by atoms with E-state index in [4.69, 9.17) is 0 Å². The molecule has 1 fully saturated rings. The lowest BCUT2D eigenvalue weighted by Gasteiger charge is -2.19. The highest BCUT2D eigenvalue weighted by molar-refractivity contribution is 7.90.